The quantitative estimate of drug-likeness (QED) is 0.340. The summed E-state index contributed by atoms with van der Waals surface area (Å²) in [5, 5.41) is 11.6. The first-order valence-electron chi connectivity index (χ1n) is 8.36. The third kappa shape index (κ3) is 2.71. The van der Waals surface area contributed by atoms with Crippen LogP contribution < -0.4 is 0 Å². The Kier molecular flexibility index (Phi) is 3.26. The summed E-state index contributed by atoms with van der Waals surface area (Å²) in [6, 6.07) is 12.9. The van der Waals surface area contributed by atoms with Gasteiger partial charge < -0.3 is 9.97 Å². The van der Waals surface area contributed by atoms with Gasteiger partial charge in [0.05, 0.1) is 33.0 Å². The molecule has 0 atom stereocenters. The molecule has 7 nitrogen and oxygen atoms in total. The molecule has 2 aliphatic heterocycles. The molecule has 2 N–H and O–H groups in total. The minimum Gasteiger partial charge on any atom is -0.354 e. The largest absolute Gasteiger partial charge is 0.354 e. The number of aromatic amines is 2. The summed E-state index contributed by atoms with van der Waals surface area (Å²) in [5.41, 5.74) is 5.65. The number of rotatable bonds is 1. The number of nitrogens with zero attached hydrogens (tertiary/aromatic N) is 3. The molecule has 0 unspecified atom stereocenters. The molecule has 2 aliphatic rings. The fourth-order valence-electron chi connectivity index (χ4n) is 3.12. The lowest BCUT2D eigenvalue weighted by molar-refractivity contribution is -0.385. The molecule has 0 saturated heterocycles. The number of hydrogen-bond donors (Lipinski definition) is 2. The molecule has 0 saturated carbocycles. The van der Waals surface area contributed by atoms with Gasteiger partial charge in [0, 0.05) is 17.1 Å². The molecule has 0 aromatic carbocycles. The van der Waals surface area contributed by atoms with Crippen molar-refractivity contribution in [1.82, 2.24) is 19.9 Å². The Morgan fingerprint density at radius 1 is 0.741 bits per heavy atom. The van der Waals surface area contributed by atoms with Crippen LogP contribution in [0.3, 0.4) is 0 Å². The van der Waals surface area contributed by atoms with E-state index in [2.05, 4.69) is 19.9 Å². The number of nitrogens with one attached hydrogen (secondary N) is 2. The molecular weight excluding hydrogens is 342 g/mol. The van der Waals surface area contributed by atoms with Crippen molar-refractivity contribution >= 4 is 52.1 Å². The summed E-state index contributed by atoms with van der Waals surface area (Å²) in [5.74, 6) is 0. The third-order valence-electron chi connectivity index (χ3n) is 4.46. The number of aromatic nitrogens is 4. The first kappa shape index (κ1) is 15.3. The highest BCUT2D eigenvalue weighted by Crippen LogP contribution is 2.24. The van der Waals surface area contributed by atoms with Gasteiger partial charge in [0.2, 0.25) is 0 Å². The van der Waals surface area contributed by atoms with E-state index in [1.165, 1.54) is 6.07 Å². The second kappa shape index (κ2) is 5.77. The number of hydrogen-bond acceptors (Lipinski definition) is 4. The van der Waals surface area contributed by atoms with Crippen LogP contribution in [0.4, 0.5) is 5.69 Å². The Morgan fingerprint density at radius 2 is 1.37 bits per heavy atom. The van der Waals surface area contributed by atoms with Crippen LogP contribution in [0.1, 0.15) is 22.8 Å². The molecule has 5 heterocycles. The first-order valence-corrected chi connectivity index (χ1v) is 8.36. The van der Waals surface area contributed by atoms with Crippen molar-refractivity contribution in [3.63, 3.8) is 0 Å². The van der Waals surface area contributed by atoms with Crippen LogP contribution in [0.2, 0.25) is 0 Å². The highest BCUT2D eigenvalue weighted by Gasteiger charge is 2.15. The van der Waals surface area contributed by atoms with E-state index in [4.69, 9.17) is 0 Å². The molecule has 8 bridgehead atoms. The van der Waals surface area contributed by atoms with Crippen LogP contribution in [0.25, 0.3) is 46.4 Å². The maximum atomic E-state index is 11.6. The maximum absolute atomic E-state index is 11.6. The lowest BCUT2D eigenvalue weighted by Gasteiger charge is -1.91. The topological polar surface area (TPSA) is 100 Å². The number of fused-ring (bicyclic) bond motifs is 10. The van der Waals surface area contributed by atoms with E-state index in [1.54, 1.807) is 18.2 Å². The summed E-state index contributed by atoms with van der Waals surface area (Å²) >= 11 is 0. The molecule has 0 radical (unpaired) electrons. The zero-order valence-corrected chi connectivity index (χ0v) is 14.0. The second-order valence-corrected chi connectivity index (χ2v) is 6.25. The SMILES string of the molecule is O=[N+]([O-])c1cc2ccc([nH]2)c2nc(ccc3ccc([nH]3)c3nc1C=C3)C=C2. The first-order chi connectivity index (χ1) is 13.2. The van der Waals surface area contributed by atoms with E-state index in [1.807, 2.05) is 42.5 Å². The van der Waals surface area contributed by atoms with Gasteiger partial charge in [0.25, 0.3) is 5.69 Å². The zero-order valence-electron chi connectivity index (χ0n) is 14.0. The normalized spacial score (nSPS) is 12.4. The molecule has 0 fully saturated rings. The summed E-state index contributed by atoms with van der Waals surface area (Å²) in [7, 11) is 0. The maximum Gasteiger partial charge on any atom is 0.296 e. The Morgan fingerprint density at radius 3 is 2.19 bits per heavy atom. The Labute approximate surface area is 152 Å². The Hall–Kier alpha value is -4.00. The summed E-state index contributed by atoms with van der Waals surface area (Å²) in [6.45, 7) is 0. The third-order valence-corrected chi connectivity index (χ3v) is 4.46. The molecular formula is C20H13N5O2. The van der Waals surface area contributed by atoms with Crippen molar-refractivity contribution in [3.8, 4) is 0 Å². The lowest BCUT2D eigenvalue weighted by Crippen LogP contribution is -1.90. The zero-order chi connectivity index (χ0) is 18.4. The predicted molar refractivity (Wildman–Crippen MR) is 106 cm³/mol. The van der Waals surface area contributed by atoms with Gasteiger partial charge in [-0.15, -0.1) is 0 Å². The Balaban J connectivity index is 1.90. The van der Waals surface area contributed by atoms with Gasteiger partial charge in [-0.25, -0.2) is 9.97 Å². The molecule has 27 heavy (non-hydrogen) atoms. The van der Waals surface area contributed by atoms with Gasteiger partial charge in [-0.05, 0) is 60.7 Å². The van der Waals surface area contributed by atoms with Gasteiger partial charge in [-0.1, -0.05) is 0 Å². The van der Waals surface area contributed by atoms with Crippen LogP contribution in [0.5, 0.6) is 0 Å². The van der Waals surface area contributed by atoms with Crippen LogP contribution >= 0.6 is 0 Å². The average molecular weight is 355 g/mol. The van der Waals surface area contributed by atoms with E-state index >= 15 is 0 Å². The van der Waals surface area contributed by atoms with Crippen LogP contribution in [-0.4, -0.2) is 24.9 Å². The van der Waals surface area contributed by atoms with Crippen LogP contribution in [0.15, 0.2) is 42.5 Å². The minimum absolute atomic E-state index is 0.0652. The standard InChI is InChI=1S/C20H13N5O2/c26-25(27)20-11-14-5-8-16(23-14)15-6-3-12(21-15)1-2-13-4-7-17(22-13)18-9-10-19(20)24-18/h1-11,22-23H. The molecule has 130 valence electrons. The molecule has 0 aliphatic carbocycles. The molecule has 0 spiro atoms. The molecule has 7 heteroatoms. The van der Waals surface area contributed by atoms with E-state index in [9.17, 15) is 10.1 Å². The monoisotopic (exact) mass is 355 g/mol. The summed E-state index contributed by atoms with van der Waals surface area (Å²) < 4.78 is 0. The fourth-order valence-corrected chi connectivity index (χ4v) is 3.12. The van der Waals surface area contributed by atoms with Crippen LogP contribution in [-0.2, 0) is 0 Å². The predicted octanol–water partition coefficient (Wildman–Crippen LogP) is 4.56. The average Bonchev–Trinajstić information content (AvgIpc) is 3.43. The van der Waals surface area contributed by atoms with Gasteiger partial charge in [0.1, 0.15) is 5.69 Å². The Bertz CT molecular complexity index is 1310. The summed E-state index contributed by atoms with van der Waals surface area (Å²) in [4.78, 5) is 26.6. The van der Waals surface area contributed by atoms with Crippen molar-refractivity contribution in [2.24, 2.45) is 0 Å². The fraction of sp³-hybridized carbons (Fsp3) is 0. The highest BCUT2D eigenvalue weighted by atomic mass is 16.6. The molecule has 3 aromatic rings. The number of H-pyrrole nitrogens is 2. The lowest BCUT2D eigenvalue weighted by atomic mass is 10.3. The highest BCUT2D eigenvalue weighted by molar-refractivity contribution is 5.84. The number of nitro groups is 1. The van der Waals surface area contributed by atoms with E-state index in [0.29, 0.717) is 16.9 Å². The van der Waals surface area contributed by atoms with Crippen LogP contribution in [0, 0.1) is 10.1 Å². The van der Waals surface area contributed by atoms with Gasteiger partial charge in [0.15, 0.2) is 0 Å². The van der Waals surface area contributed by atoms with Gasteiger partial charge >= 0.3 is 0 Å². The van der Waals surface area contributed by atoms with Crippen molar-refractivity contribution in [2.45, 2.75) is 0 Å². The van der Waals surface area contributed by atoms with Crippen molar-refractivity contribution in [3.05, 3.63) is 75.4 Å². The van der Waals surface area contributed by atoms with Crippen molar-refractivity contribution in [1.29, 1.82) is 0 Å². The molecule has 3 aromatic heterocycles. The van der Waals surface area contributed by atoms with E-state index in [0.717, 1.165) is 27.9 Å². The van der Waals surface area contributed by atoms with E-state index < -0.39 is 4.92 Å². The van der Waals surface area contributed by atoms with Crippen molar-refractivity contribution in [2.75, 3.05) is 0 Å². The minimum atomic E-state index is -0.419. The van der Waals surface area contributed by atoms with Gasteiger partial charge in [-0.3, -0.25) is 10.1 Å². The second-order valence-electron chi connectivity index (χ2n) is 6.25. The smallest absolute Gasteiger partial charge is 0.296 e. The molecule has 0 amide bonds. The van der Waals surface area contributed by atoms with Gasteiger partial charge in [-0.2, -0.15) is 0 Å². The molecule has 5 rings (SSSR count). The van der Waals surface area contributed by atoms with E-state index in [-0.39, 0.29) is 5.69 Å². The summed E-state index contributed by atoms with van der Waals surface area (Å²) in [6.07, 6.45) is 7.27. The van der Waals surface area contributed by atoms with Crippen molar-refractivity contribution < 1.29 is 4.92 Å².